The lowest BCUT2D eigenvalue weighted by molar-refractivity contribution is 0.134. The van der Waals surface area contributed by atoms with Crippen LogP contribution in [0, 0.1) is 11.8 Å². The van der Waals surface area contributed by atoms with E-state index in [1.54, 1.807) is 0 Å². The van der Waals surface area contributed by atoms with E-state index < -0.39 is 0 Å². The lowest BCUT2D eigenvalue weighted by Gasteiger charge is -2.41. The highest BCUT2D eigenvalue weighted by Gasteiger charge is 2.32. The minimum absolute atomic E-state index is 0.371. The summed E-state index contributed by atoms with van der Waals surface area (Å²) in [6.07, 6.45) is 10.8. The molecular formula is C13H25NO. The van der Waals surface area contributed by atoms with E-state index in [1.807, 2.05) is 0 Å². The largest absolute Gasteiger partial charge is 0.396 e. The Morgan fingerprint density at radius 3 is 2.40 bits per heavy atom. The third-order valence-electron chi connectivity index (χ3n) is 4.33. The third kappa shape index (κ3) is 2.94. The molecule has 1 aliphatic heterocycles. The summed E-state index contributed by atoms with van der Waals surface area (Å²) in [5, 5.41) is 12.5. The van der Waals surface area contributed by atoms with Crippen LogP contribution in [0.3, 0.4) is 0 Å². The Bertz CT molecular complexity index is 173. The summed E-state index contributed by atoms with van der Waals surface area (Å²) in [5.74, 6) is 1.80. The average molecular weight is 211 g/mol. The summed E-state index contributed by atoms with van der Waals surface area (Å²) in [7, 11) is 0. The van der Waals surface area contributed by atoms with Crippen molar-refractivity contribution < 1.29 is 5.11 Å². The number of rotatable bonds is 5. The summed E-state index contributed by atoms with van der Waals surface area (Å²) >= 11 is 0. The smallest absolute Gasteiger partial charge is 0.0431 e. The van der Waals surface area contributed by atoms with Crippen LogP contribution in [0.1, 0.15) is 51.4 Å². The first-order chi connectivity index (χ1) is 7.42. The van der Waals surface area contributed by atoms with E-state index in [2.05, 4.69) is 5.32 Å². The lowest BCUT2D eigenvalue weighted by atomic mass is 9.72. The predicted molar refractivity (Wildman–Crippen MR) is 62.8 cm³/mol. The normalized spacial score (nSPS) is 29.8. The highest BCUT2D eigenvalue weighted by atomic mass is 16.2. The van der Waals surface area contributed by atoms with Crippen molar-refractivity contribution in [2.45, 2.75) is 57.4 Å². The maximum absolute atomic E-state index is 8.97. The number of aliphatic hydroxyl groups is 1. The first-order valence-corrected chi connectivity index (χ1v) is 6.76. The molecule has 1 heterocycles. The van der Waals surface area contributed by atoms with Crippen LogP contribution >= 0.6 is 0 Å². The standard InChI is InChI=1S/C13H25NO/c15-10-4-7-12(13-8-9-14-13)11-5-2-1-3-6-11/h11-15H,1-10H2. The van der Waals surface area contributed by atoms with Gasteiger partial charge in [0.2, 0.25) is 0 Å². The molecule has 2 unspecified atom stereocenters. The Labute approximate surface area is 93.5 Å². The SMILES string of the molecule is OCCCC(C1CCCCC1)C1CCN1. The maximum atomic E-state index is 8.97. The monoisotopic (exact) mass is 211 g/mol. The molecule has 15 heavy (non-hydrogen) atoms. The van der Waals surface area contributed by atoms with Gasteiger partial charge in [0.1, 0.15) is 0 Å². The Kier molecular flexibility index (Phi) is 4.45. The molecular weight excluding hydrogens is 186 g/mol. The van der Waals surface area contributed by atoms with E-state index in [1.165, 1.54) is 51.5 Å². The van der Waals surface area contributed by atoms with Crippen LogP contribution in [0.5, 0.6) is 0 Å². The van der Waals surface area contributed by atoms with Gasteiger partial charge < -0.3 is 10.4 Å². The van der Waals surface area contributed by atoms with Gasteiger partial charge in [-0.3, -0.25) is 0 Å². The molecule has 1 saturated carbocycles. The Hall–Kier alpha value is -0.0800. The molecule has 2 aliphatic rings. The molecule has 2 nitrogen and oxygen atoms in total. The van der Waals surface area contributed by atoms with Crippen LogP contribution in [-0.2, 0) is 0 Å². The summed E-state index contributed by atoms with van der Waals surface area (Å²) in [4.78, 5) is 0. The molecule has 88 valence electrons. The molecule has 0 radical (unpaired) electrons. The Morgan fingerprint density at radius 2 is 1.87 bits per heavy atom. The second-order valence-electron chi connectivity index (χ2n) is 5.28. The fraction of sp³-hybridized carbons (Fsp3) is 1.00. The summed E-state index contributed by atoms with van der Waals surface area (Å²) in [6, 6.07) is 0.777. The average Bonchev–Trinajstić information content (AvgIpc) is 2.22. The molecule has 0 aromatic rings. The molecule has 2 atom stereocenters. The molecule has 0 spiro atoms. The zero-order valence-electron chi connectivity index (χ0n) is 9.75. The molecule has 2 rings (SSSR count). The molecule has 2 N–H and O–H groups in total. The van der Waals surface area contributed by atoms with Crippen molar-refractivity contribution >= 4 is 0 Å². The van der Waals surface area contributed by atoms with Crippen molar-refractivity contribution in [2.24, 2.45) is 11.8 Å². The predicted octanol–water partition coefficient (Wildman–Crippen LogP) is 2.32. The van der Waals surface area contributed by atoms with Crippen molar-refractivity contribution in [2.75, 3.05) is 13.2 Å². The quantitative estimate of drug-likeness (QED) is 0.731. The van der Waals surface area contributed by atoms with Crippen LogP contribution in [0.25, 0.3) is 0 Å². The van der Waals surface area contributed by atoms with Gasteiger partial charge in [0.15, 0.2) is 0 Å². The van der Waals surface area contributed by atoms with Crippen molar-refractivity contribution in [3.8, 4) is 0 Å². The minimum Gasteiger partial charge on any atom is -0.396 e. The van der Waals surface area contributed by atoms with Gasteiger partial charge in [-0.15, -0.1) is 0 Å². The van der Waals surface area contributed by atoms with Crippen LogP contribution in [0.4, 0.5) is 0 Å². The van der Waals surface area contributed by atoms with Crippen LogP contribution in [-0.4, -0.2) is 24.3 Å². The van der Waals surface area contributed by atoms with Crippen molar-refractivity contribution in [3.63, 3.8) is 0 Å². The number of hydrogen-bond acceptors (Lipinski definition) is 2. The zero-order valence-corrected chi connectivity index (χ0v) is 9.75. The molecule has 2 fully saturated rings. The second kappa shape index (κ2) is 5.86. The van der Waals surface area contributed by atoms with Gasteiger partial charge in [0, 0.05) is 12.6 Å². The molecule has 2 heteroatoms. The first kappa shape index (κ1) is 11.4. The molecule has 0 amide bonds. The van der Waals surface area contributed by atoms with E-state index in [9.17, 15) is 0 Å². The molecule has 0 aromatic heterocycles. The highest BCUT2D eigenvalue weighted by molar-refractivity contribution is 4.89. The third-order valence-corrected chi connectivity index (χ3v) is 4.33. The van der Waals surface area contributed by atoms with Gasteiger partial charge in [0.25, 0.3) is 0 Å². The molecule has 1 aliphatic carbocycles. The van der Waals surface area contributed by atoms with Gasteiger partial charge in [-0.2, -0.15) is 0 Å². The molecule has 0 bridgehead atoms. The van der Waals surface area contributed by atoms with Gasteiger partial charge in [0.05, 0.1) is 0 Å². The van der Waals surface area contributed by atoms with Gasteiger partial charge in [-0.25, -0.2) is 0 Å². The van der Waals surface area contributed by atoms with Gasteiger partial charge in [-0.1, -0.05) is 32.1 Å². The summed E-state index contributed by atoms with van der Waals surface area (Å²) < 4.78 is 0. The minimum atomic E-state index is 0.371. The van der Waals surface area contributed by atoms with E-state index in [0.29, 0.717) is 6.61 Å². The van der Waals surface area contributed by atoms with Gasteiger partial charge in [-0.05, 0) is 37.6 Å². The maximum Gasteiger partial charge on any atom is 0.0431 e. The van der Waals surface area contributed by atoms with E-state index in [-0.39, 0.29) is 0 Å². The van der Waals surface area contributed by atoms with Crippen molar-refractivity contribution in [3.05, 3.63) is 0 Å². The van der Waals surface area contributed by atoms with Crippen molar-refractivity contribution in [1.82, 2.24) is 5.32 Å². The first-order valence-electron chi connectivity index (χ1n) is 6.76. The van der Waals surface area contributed by atoms with Gasteiger partial charge >= 0.3 is 0 Å². The number of nitrogens with one attached hydrogen (secondary N) is 1. The fourth-order valence-corrected chi connectivity index (χ4v) is 3.33. The van der Waals surface area contributed by atoms with E-state index in [0.717, 1.165) is 24.3 Å². The second-order valence-corrected chi connectivity index (χ2v) is 5.28. The molecule has 0 aromatic carbocycles. The lowest BCUT2D eigenvalue weighted by Crippen LogP contribution is -2.50. The summed E-state index contributed by atoms with van der Waals surface area (Å²) in [5.41, 5.74) is 0. The molecule has 1 saturated heterocycles. The Morgan fingerprint density at radius 1 is 1.13 bits per heavy atom. The van der Waals surface area contributed by atoms with Crippen LogP contribution in [0.15, 0.2) is 0 Å². The van der Waals surface area contributed by atoms with E-state index in [4.69, 9.17) is 5.11 Å². The fourth-order valence-electron chi connectivity index (χ4n) is 3.33. The zero-order chi connectivity index (χ0) is 10.5. The number of aliphatic hydroxyl groups excluding tert-OH is 1. The Balaban J connectivity index is 1.84. The van der Waals surface area contributed by atoms with Crippen LogP contribution in [0.2, 0.25) is 0 Å². The van der Waals surface area contributed by atoms with E-state index >= 15 is 0 Å². The number of hydrogen-bond donors (Lipinski definition) is 2. The van der Waals surface area contributed by atoms with Crippen molar-refractivity contribution in [1.29, 1.82) is 0 Å². The summed E-state index contributed by atoms with van der Waals surface area (Å²) in [6.45, 7) is 1.59. The topological polar surface area (TPSA) is 32.3 Å². The highest BCUT2D eigenvalue weighted by Crippen LogP contribution is 2.36. The van der Waals surface area contributed by atoms with Crippen LogP contribution < -0.4 is 5.32 Å².